The summed E-state index contributed by atoms with van der Waals surface area (Å²) in [5.74, 6) is -1.22. The number of ether oxygens (including phenoxy) is 1. The molecule has 1 amide bonds. The van der Waals surface area contributed by atoms with Crippen molar-refractivity contribution in [3.05, 3.63) is 59.7 Å². The monoisotopic (exact) mass is 356 g/mol. The van der Waals surface area contributed by atoms with Gasteiger partial charge in [0.25, 0.3) is 5.91 Å². The summed E-state index contributed by atoms with van der Waals surface area (Å²) in [7, 11) is -1.35. The van der Waals surface area contributed by atoms with Crippen molar-refractivity contribution in [1.29, 1.82) is 5.26 Å². The Labute approximate surface area is 147 Å². The number of anilines is 1. The normalized spacial score (nSPS) is 12.5. The van der Waals surface area contributed by atoms with E-state index in [1.807, 2.05) is 6.07 Å². The number of nitrogens with one attached hydrogen (secondary N) is 1. The van der Waals surface area contributed by atoms with E-state index in [9.17, 15) is 13.8 Å². The molecule has 0 aromatic heterocycles. The molecule has 0 aliphatic carbocycles. The van der Waals surface area contributed by atoms with Crippen LogP contribution < -0.4 is 5.32 Å². The summed E-state index contributed by atoms with van der Waals surface area (Å²) in [5, 5.41) is 11.4. The van der Waals surface area contributed by atoms with Gasteiger partial charge in [-0.15, -0.1) is 0 Å². The predicted octanol–water partition coefficient (Wildman–Crippen LogP) is 2.48. The third-order valence-corrected chi connectivity index (χ3v) is 4.33. The fourth-order valence-corrected chi connectivity index (χ4v) is 2.77. The number of hydrogen-bond acceptors (Lipinski definition) is 5. The van der Waals surface area contributed by atoms with Crippen molar-refractivity contribution in [2.75, 3.05) is 11.6 Å². The van der Waals surface area contributed by atoms with E-state index in [0.717, 1.165) is 0 Å². The Bertz CT molecular complexity index is 856. The summed E-state index contributed by atoms with van der Waals surface area (Å²) in [6, 6.07) is 14.7. The number of amides is 1. The lowest BCUT2D eigenvalue weighted by Crippen LogP contribution is -2.30. The zero-order valence-electron chi connectivity index (χ0n) is 13.7. The van der Waals surface area contributed by atoms with E-state index in [1.54, 1.807) is 42.5 Å². The molecule has 0 aliphatic rings. The Kier molecular flexibility index (Phi) is 6.03. The quantitative estimate of drug-likeness (QED) is 0.830. The molecule has 6 nitrogen and oxygen atoms in total. The number of nitrogens with zero attached hydrogens (tertiary/aromatic N) is 1. The Morgan fingerprint density at radius 2 is 1.80 bits per heavy atom. The second-order valence-electron chi connectivity index (χ2n) is 5.18. The highest BCUT2D eigenvalue weighted by Crippen LogP contribution is 2.15. The molecule has 0 heterocycles. The topological polar surface area (TPSA) is 96.3 Å². The number of carbonyl (C=O) groups excluding carboxylic acids is 2. The molecule has 0 radical (unpaired) electrons. The zero-order chi connectivity index (χ0) is 18.4. The summed E-state index contributed by atoms with van der Waals surface area (Å²) in [6.07, 6.45) is 0.425. The number of nitriles is 1. The van der Waals surface area contributed by atoms with E-state index in [-0.39, 0.29) is 5.56 Å². The summed E-state index contributed by atoms with van der Waals surface area (Å²) in [6.45, 7) is 1.45. The van der Waals surface area contributed by atoms with Crippen LogP contribution in [0.25, 0.3) is 0 Å². The number of hydrogen-bond donors (Lipinski definition) is 1. The molecule has 2 atom stereocenters. The zero-order valence-corrected chi connectivity index (χ0v) is 14.5. The Morgan fingerprint density at radius 3 is 2.40 bits per heavy atom. The van der Waals surface area contributed by atoms with Crippen LogP contribution in [0, 0.1) is 11.3 Å². The fourth-order valence-electron chi connectivity index (χ4n) is 2.04. The molecular weight excluding hydrogens is 340 g/mol. The number of carbonyl (C=O) groups is 2. The van der Waals surface area contributed by atoms with Gasteiger partial charge in [-0.2, -0.15) is 5.26 Å². The lowest BCUT2D eigenvalue weighted by atomic mass is 10.2. The second kappa shape index (κ2) is 8.22. The maximum atomic E-state index is 12.2. The number of esters is 1. The van der Waals surface area contributed by atoms with Gasteiger partial charge in [0.05, 0.1) is 32.9 Å². The van der Waals surface area contributed by atoms with Crippen molar-refractivity contribution in [3.8, 4) is 6.07 Å². The van der Waals surface area contributed by atoms with Gasteiger partial charge in [-0.1, -0.05) is 12.1 Å². The third kappa shape index (κ3) is 4.75. The summed E-state index contributed by atoms with van der Waals surface area (Å²) < 4.78 is 16.9. The van der Waals surface area contributed by atoms with Crippen LogP contribution in [0.3, 0.4) is 0 Å². The van der Waals surface area contributed by atoms with Crippen molar-refractivity contribution < 1.29 is 18.5 Å². The Balaban J connectivity index is 2.04. The molecule has 25 heavy (non-hydrogen) atoms. The summed E-state index contributed by atoms with van der Waals surface area (Å²) >= 11 is 0. The van der Waals surface area contributed by atoms with Gasteiger partial charge in [-0.25, -0.2) is 4.79 Å². The lowest BCUT2D eigenvalue weighted by Gasteiger charge is -2.14. The van der Waals surface area contributed by atoms with Gasteiger partial charge in [0.2, 0.25) is 0 Å². The van der Waals surface area contributed by atoms with Gasteiger partial charge >= 0.3 is 5.97 Å². The molecule has 7 heteroatoms. The molecule has 0 spiro atoms. The molecule has 0 aliphatic heterocycles. The van der Waals surface area contributed by atoms with Crippen LogP contribution in [0.4, 0.5) is 5.69 Å². The van der Waals surface area contributed by atoms with Crippen LogP contribution in [0.1, 0.15) is 22.8 Å². The van der Waals surface area contributed by atoms with Crippen molar-refractivity contribution in [3.63, 3.8) is 0 Å². The molecule has 0 fully saturated rings. The predicted molar refractivity (Wildman–Crippen MR) is 93.4 cm³/mol. The molecule has 0 saturated heterocycles. The maximum absolute atomic E-state index is 12.2. The minimum atomic E-state index is -1.35. The largest absolute Gasteiger partial charge is 0.449 e. The summed E-state index contributed by atoms with van der Waals surface area (Å²) in [4.78, 5) is 24.7. The van der Waals surface area contributed by atoms with Gasteiger partial charge in [0.1, 0.15) is 0 Å². The molecule has 0 unspecified atom stereocenters. The van der Waals surface area contributed by atoms with Gasteiger partial charge in [0, 0.05) is 11.9 Å². The Morgan fingerprint density at radius 1 is 1.16 bits per heavy atom. The highest BCUT2D eigenvalue weighted by atomic mass is 32.2. The average Bonchev–Trinajstić information content (AvgIpc) is 2.62. The molecule has 2 aromatic rings. The maximum Gasteiger partial charge on any atom is 0.340 e. The molecule has 2 aromatic carbocycles. The van der Waals surface area contributed by atoms with Crippen molar-refractivity contribution >= 4 is 28.4 Å². The van der Waals surface area contributed by atoms with Crippen LogP contribution in [-0.4, -0.2) is 28.4 Å². The standard InChI is InChI=1S/C18H16N2O4S/c1-12(17(21)20-14-9-7-13(11-19)8-10-14)24-18(22)15-5-3-4-6-16(15)25(2)23/h3-10,12H,1-2H3,(H,20,21)/t12-,25+/m1/s1. The van der Waals surface area contributed by atoms with E-state index in [4.69, 9.17) is 10.00 Å². The van der Waals surface area contributed by atoms with Crippen LogP contribution in [0.5, 0.6) is 0 Å². The minimum Gasteiger partial charge on any atom is -0.449 e. The molecule has 0 bridgehead atoms. The van der Waals surface area contributed by atoms with E-state index in [2.05, 4.69) is 5.32 Å². The smallest absolute Gasteiger partial charge is 0.340 e. The highest BCUT2D eigenvalue weighted by molar-refractivity contribution is 7.84. The SMILES string of the molecule is C[C@@H](OC(=O)c1ccccc1[S@](C)=O)C(=O)Nc1ccc(C#N)cc1. The molecule has 1 N–H and O–H groups in total. The molecule has 2 rings (SSSR count). The van der Waals surface area contributed by atoms with E-state index < -0.39 is 28.8 Å². The third-order valence-electron chi connectivity index (χ3n) is 3.35. The van der Waals surface area contributed by atoms with Crippen LogP contribution in [-0.2, 0) is 20.3 Å². The van der Waals surface area contributed by atoms with E-state index in [1.165, 1.54) is 19.2 Å². The van der Waals surface area contributed by atoms with Crippen LogP contribution in [0.15, 0.2) is 53.4 Å². The first-order valence-electron chi connectivity index (χ1n) is 7.37. The number of benzene rings is 2. The van der Waals surface area contributed by atoms with Crippen molar-refractivity contribution in [2.45, 2.75) is 17.9 Å². The van der Waals surface area contributed by atoms with Gasteiger partial charge in [0.15, 0.2) is 6.10 Å². The first-order chi connectivity index (χ1) is 11.9. The Hall–Kier alpha value is -2.98. The van der Waals surface area contributed by atoms with Gasteiger partial charge in [-0.05, 0) is 43.3 Å². The van der Waals surface area contributed by atoms with E-state index >= 15 is 0 Å². The van der Waals surface area contributed by atoms with Crippen LogP contribution >= 0.6 is 0 Å². The summed E-state index contributed by atoms with van der Waals surface area (Å²) in [5.41, 5.74) is 1.13. The highest BCUT2D eigenvalue weighted by Gasteiger charge is 2.21. The van der Waals surface area contributed by atoms with Crippen molar-refractivity contribution in [2.24, 2.45) is 0 Å². The van der Waals surface area contributed by atoms with Gasteiger partial charge in [-0.3, -0.25) is 9.00 Å². The van der Waals surface area contributed by atoms with Gasteiger partial charge < -0.3 is 10.1 Å². The van der Waals surface area contributed by atoms with E-state index in [0.29, 0.717) is 16.1 Å². The molecule has 0 saturated carbocycles. The molecular formula is C18H16N2O4S. The van der Waals surface area contributed by atoms with Crippen LogP contribution in [0.2, 0.25) is 0 Å². The average molecular weight is 356 g/mol. The second-order valence-corrected chi connectivity index (χ2v) is 6.52. The molecule has 128 valence electrons. The fraction of sp³-hybridized carbons (Fsp3) is 0.167. The minimum absolute atomic E-state index is 0.168. The van der Waals surface area contributed by atoms with Crippen molar-refractivity contribution in [1.82, 2.24) is 0 Å². The first kappa shape index (κ1) is 18.4. The first-order valence-corrected chi connectivity index (χ1v) is 8.92. The lowest BCUT2D eigenvalue weighted by molar-refractivity contribution is -0.123. The number of rotatable bonds is 5.